The van der Waals surface area contributed by atoms with Gasteiger partial charge in [0.25, 0.3) is 5.56 Å². The van der Waals surface area contributed by atoms with Crippen molar-refractivity contribution >= 4 is 10.9 Å². The number of aromatic amines is 1. The van der Waals surface area contributed by atoms with E-state index in [4.69, 9.17) is 5.26 Å². The van der Waals surface area contributed by atoms with E-state index in [2.05, 4.69) is 50.3 Å². The minimum Gasteiger partial charge on any atom is -0.346 e. The molecule has 1 saturated heterocycles. The maximum absolute atomic E-state index is 12.1. The molecule has 3 aromatic rings. The number of hydrogen-bond donors (Lipinski definition) is 4. The number of fused-ring (bicyclic) bond motifs is 1. The summed E-state index contributed by atoms with van der Waals surface area (Å²) in [6.45, 7) is 4.86. The van der Waals surface area contributed by atoms with Crippen LogP contribution in [0.15, 0.2) is 35.1 Å². The Kier molecular flexibility index (Phi) is 4.73. The molecule has 1 unspecified atom stereocenters. The van der Waals surface area contributed by atoms with Crippen molar-refractivity contribution in [1.82, 2.24) is 20.2 Å². The number of aryl methyl sites for hydroxylation is 2. The average molecular weight is 368 g/mol. The van der Waals surface area contributed by atoms with Gasteiger partial charge in [0.2, 0.25) is 5.75 Å². The number of H-pyrrole nitrogens is 1. The summed E-state index contributed by atoms with van der Waals surface area (Å²) < 4.78 is 2.22. The summed E-state index contributed by atoms with van der Waals surface area (Å²) in [6.07, 6.45) is 0.707. The van der Waals surface area contributed by atoms with E-state index in [0.29, 0.717) is 6.42 Å². The molecule has 1 aromatic carbocycles. The van der Waals surface area contributed by atoms with E-state index < -0.39 is 5.56 Å². The van der Waals surface area contributed by atoms with Crippen molar-refractivity contribution in [2.24, 2.45) is 7.05 Å². The van der Waals surface area contributed by atoms with E-state index in [1.54, 1.807) is 6.07 Å². The monoisotopic (exact) mass is 368 g/mol. The molecule has 0 amide bonds. The third-order valence-electron chi connectivity index (χ3n) is 5.33. The van der Waals surface area contributed by atoms with Crippen molar-refractivity contribution in [2.45, 2.75) is 19.4 Å². The van der Waals surface area contributed by atoms with Crippen LogP contribution >= 0.6 is 0 Å². The van der Waals surface area contributed by atoms with Crippen LogP contribution in [0.1, 0.15) is 24.2 Å². The lowest BCUT2D eigenvalue weighted by Crippen LogP contribution is -2.43. The van der Waals surface area contributed by atoms with Gasteiger partial charge >= 0.3 is 0 Å². The number of aromatic nitrogens is 2. The van der Waals surface area contributed by atoms with Crippen LogP contribution in [0, 0.1) is 0 Å². The number of nitrogens with one attached hydrogen (secondary N) is 3. The highest BCUT2D eigenvalue weighted by Crippen LogP contribution is 2.30. The highest BCUT2D eigenvalue weighted by atomic mass is 17.1. The van der Waals surface area contributed by atoms with Gasteiger partial charge in [-0.3, -0.25) is 4.79 Å². The van der Waals surface area contributed by atoms with Crippen molar-refractivity contribution in [1.29, 1.82) is 0 Å². The van der Waals surface area contributed by atoms with Crippen LogP contribution in [0.3, 0.4) is 0 Å². The summed E-state index contributed by atoms with van der Waals surface area (Å²) in [6, 6.07) is 10.3. The number of piperazine rings is 1. The molecule has 0 saturated carbocycles. The predicted octanol–water partition coefficient (Wildman–Crippen LogP) is 2.18. The molecular weight excluding hydrogens is 344 g/mol. The Balaban J connectivity index is 1.80. The molecule has 3 heterocycles. The van der Waals surface area contributed by atoms with Crippen LogP contribution in [0.4, 0.5) is 0 Å². The predicted molar refractivity (Wildman–Crippen MR) is 105 cm³/mol. The van der Waals surface area contributed by atoms with Gasteiger partial charge < -0.3 is 25.1 Å². The van der Waals surface area contributed by atoms with Crippen molar-refractivity contribution in [2.75, 3.05) is 19.6 Å². The number of rotatable bonds is 4. The molecule has 7 heteroatoms. The molecule has 1 fully saturated rings. The first kappa shape index (κ1) is 17.8. The molecule has 0 bridgehead atoms. The van der Waals surface area contributed by atoms with Crippen LogP contribution in [0.5, 0.6) is 5.75 Å². The largest absolute Gasteiger partial charge is 0.346 e. The second-order valence-corrected chi connectivity index (χ2v) is 6.92. The minimum atomic E-state index is -0.448. The molecule has 142 valence electrons. The van der Waals surface area contributed by atoms with Gasteiger partial charge in [-0.1, -0.05) is 13.0 Å². The van der Waals surface area contributed by atoms with Gasteiger partial charge in [-0.15, -0.1) is 0 Å². The maximum Gasteiger partial charge on any atom is 0.294 e. The number of nitrogens with zero attached hydrogens (tertiary/aromatic N) is 1. The Morgan fingerprint density at radius 3 is 2.81 bits per heavy atom. The van der Waals surface area contributed by atoms with Crippen molar-refractivity contribution in [3.8, 4) is 17.0 Å². The van der Waals surface area contributed by atoms with Gasteiger partial charge in [0, 0.05) is 43.3 Å². The first-order chi connectivity index (χ1) is 13.1. The number of benzene rings is 1. The maximum atomic E-state index is 12.1. The van der Waals surface area contributed by atoms with Crippen molar-refractivity contribution in [3.05, 3.63) is 51.9 Å². The molecule has 1 aliphatic rings. The Morgan fingerprint density at radius 2 is 2.11 bits per heavy atom. The summed E-state index contributed by atoms with van der Waals surface area (Å²) in [4.78, 5) is 19.1. The van der Waals surface area contributed by atoms with Crippen LogP contribution in [0.25, 0.3) is 22.2 Å². The van der Waals surface area contributed by atoms with E-state index >= 15 is 0 Å². The summed E-state index contributed by atoms with van der Waals surface area (Å²) >= 11 is 0. The van der Waals surface area contributed by atoms with Crippen LogP contribution in [0.2, 0.25) is 0 Å². The quantitative estimate of drug-likeness (QED) is 0.419. The molecule has 0 spiro atoms. The molecule has 7 nitrogen and oxygen atoms in total. The lowest BCUT2D eigenvalue weighted by atomic mass is 10.0. The molecule has 0 aliphatic carbocycles. The van der Waals surface area contributed by atoms with E-state index in [-0.39, 0.29) is 11.8 Å². The number of hydrogen-bond acceptors (Lipinski definition) is 5. The van der Waals surface area contributed by atoms with Gasteiger partial charge in [0.05, 0.1) is 11.7 Å². The molecule has 2 aromatic heterocycles. The fourth-order valence-electron chi connectivity index (χ4n) is 3.88. The molecule has 0 radical (unpaired) electrons. The fraction of sp³-hybridized carbons (Fsp3) is 0.350. The Labute approximate surface area is 156 Å². The van der Waals surface area contributed by atoms with Gasteiger partial charge in [-0.05, 0) is 41.8 Å². The summed E-state index contributed by atoms with van der Waals surface area (Å²) in [5.74, 6) is -0.0884. The molecule has 4 rings (SSSR count). The lowest BCUT2D eigenvalue weighted by Gasteiger charge is -2.25. The Hall–Kier alpha value is -2.61. The standard InChI is InChI=1S/C20H24N4O3/c1-3-12-10-18(27-26)20(25)23-19(12)13-4-5-16-14(8-13)9-17(24(16)2)15-11-21-6-7-22-15/h4-5,8-10,15,21-22,26H,3,6-7,11H2,1-2H3,(H,23,25). The highest BCUT2D eigenvalue weighted by molar-refractivity contribution is 5.86. The number of pyridine rings is 1. The Bertz CT molecular complexity index is 1030. The van der Waals surface area contributed by atoms with Crippen LogP contribution in [-0.2, 0) is 13.5 Å². The summed E-state index contributed by atoms with van der Waals surface area (Å²) in [5, 5.41) is 17.0. The molecular formula is C20H24N4O3. The minimum absolute atomic E-state index is 0.0884. The van der Waals surface area contributed by atoms with E-state index in [1.807, 2.05) is 13.0 Å². The summed E-state index contributed by atoms with van der Waals surface area (Å²) in [5.41, 5.74) is 4.55. The van der Waals surface area contributed by atoms with Crippen LogP contribution < -0.4 is 21.1 Å². The van der Waals surface area contributed by atoms with Crippen LogP contribution in [-0.4, -0.2) is 34.4 Å². The second kappa shape index (κ2) is 7.19. The zero-order chi connectivity index (χ0) is 19.0. The van der Waals surface area contributed by atoms with Gasteiger partial charge in [-0.2, -0.15) is 0 Å². The van der Waals surface area contributed by atoms with E-state index in [1.165, 1.54) is 5.69 Å². The van der Waals surface area contributed by atoms with Crippen molar-refractivity contribution < 1.29 is 10.1 Å². The van der Waals surface area contributed by atoms with Crippen molar-refractivity contribution in [3.63, 3.8) is 0 Å². The average Bonchev–Trinajstić information content (AvgIpc) is 3.04. The molecule has 27 heavy (non-hydrogen) atoms. The summed E-state index contributed by atoms with van der Waals surface area (Å²) in [7, 11) is 2.08. The smallest absolute Gasteiger partial charge is 0.294 e. The normalized spacial score (nSPS) is 17.4. The third kappa shape index (κ3) is 3.14. The second-order valence-electron chi connectivity index (χ2n) is 6.92. The SMILES string of the molecule is CCc1cc(OO)c(=O)[nH]c1-c1ccc2c(c1)cc(C1CNCCN1)n2C. The fourth-order valence-corrected chi connectivity index (χ4v) is 3.88. The highest BCUT2D eigenvalue weighted by Gasteiger charge is 2.19. The zero-order valence-electron chi connectivity index (χ0n) is 15.5. The van der Waals surface area contributed by atoms with Gasteiger partial charge in [-0.25, -0.2) is 5.26 Å². The van der Waals surface area contributed by atoms with Gasteiger partial charge in [0.15, 0.2) is 0 Å². The van der Waals surface area contributed by atoms with Gasteiger partial charge in [0.1, 0.15) is 0 Å². The molecule has 1 atom stereocenters. The third-order valence-corrected chi connectivity index (χ3v) is 5.33. The topological polar surface area (TPSA) is 91.3 Å². The molecule has 1 aliphatic heterocycles. The molecule has 4 N–H and O–H groups in total. The Morgan fingerprint density at radius 1 is 1.26 bits per heavy atom. The lowest BCUT2D eigenvalue weighted by molar-refractivity contribution is -0.138. The van der Waals surface area contributed by atoms with E-state index in [0.717, 1.165) is 47.4 Å². The first-order valence-corrected chi connectivity index (χ1v) is 9.23. The first-order valence-electron chi connectivity index (χ1n) is 9.23. The van der Waals surface area contributed by atoms with E-state index in [9.17, 15) is 4.79 Å². The zero-order valence-corrected chi connectivity index (χ0v) is 15.5.